The molecule has 3 aromatic rings. The van der Waals surface area contributed by atoms with Crippen molar-refractivity contribution in [3.8, 4) is 5.13 Å². The zero-order chi connectivity index (χ0) is 17.3. The zero-order valence-corrected chi connectivity index (χ0v) is 15.1. The average molecular weight is 340 g/mol. The lowest BCUT2D eigenvalue weighted by Gasteiger charge is -2.08. The molecule has 5 nitrogen and oxygen atoms in total. The lowest BCUT2D eigenvalue weighted by Crippen LogP contribution is -2.15. The van der Waals surface area contributed by atoms with Crippen LogP contribution in [0, 0.1) is 27.7 Å². The van der Waals surface area contributed by atoms with E-state index in [2.05, 4.69) is 21.5 Å². The maximum absolute atomic E-state index is 12.3. The first kappa shape index (κ1) is 16.4. The predicted molar refractivity (Wildman–Crippen MR) is 97.0 cm³/mol. The van der Waals surface area contributed by atoms with Crippen LogP contribution >= 0.6 is 11.3 Å². The molecule has 0 atom stereocenters. The standard InChI is InChI=1S/C18H20N4OS/c1-11-5-6-16(12(2)7-11)20-17(23)9-15-10-24-18(19-15)22-14(4)8-13(3)21-22/h5-8,10H,9H2,1-4H3,(H,20,23). The Balaban J connectivity index is 1.70. The fourth-order valence-electron chi connectivity index (χ4n) is 2.61. The van der Waals surface area contributed by atoms with Crippen LogP contribution in [0.25, 0.3) is 5.13 Å². The van der Waals surface area contributed by atoms with Gasteiger partial charge in [-0.2, -0.15) is 5.10 Å². The van der Waals surface area contributed by atoms with Crippen LogP contribution in [-0.2, 0) is 11.2 Å². The van der Waals surface area contributed by atoms with Gasteiger partial charge in [0.15, 0.2) is 0 Å². The summed E-state index contributed by atoms with van der Waals surface area (Å²) < 4.78 is 1.81. The molecule has 0 saturated carbocycles. The summed E-state index contributed by atoms with van der Waals surface area (Å²) in [6.45, 7) is 7.98. The number of rotatable bonds is 4. The van der Waals surface area contributed by atoms with E-state index in [0.29, 0.717) is 0 Å². The van der Waals surface area contributed by atoms with Gasteiger partial charge in [-0.1, -0.05) is 17.7 Å². The molecule has 0 bridgehead atoms. The predicted octanol–water partition coefficient (Wildman–Crippen LogP) is 3.74. The topological polar surface area (TPSA) is 59.8 Å². The number of hydrogen-bond acceptors (Lipinski definition) is 4. The molecule has 124 valence electrons. The van der Waals surface area contributed by atoms with E-state index in [1.807, 2.05) is 56.0 Å². The van der Waals surface area contributed by atoms with Crippen LogP contribution in [-0.4, -0.2) is 20.7 Å². The third-order valence-corrected chi connectivity index (χ3v) is 4.59. The highest BCUT2D eigenvalue weighted by Gasteiger charge is 2.12. The van der Waals surface area contributed by atoms with Gasteiger partial charge in [-0.15, -0.1) is 11.3 Å². The van der Waals surface area contributed by atoms with Gasteiger partial charge in [0.05, 0.1) is 17.8 Å². The Morgan fingerprint density at radius 3 is 2.67 bits per heavy atom. The highest BCUT2D eigenvalue weighted by atomic mass is 32.1. The molecule has 24 heavy (non-hydrogen) atoms. The summed E-state index contributed by atoms with van der Waals surface area (Å²) in [7, 11) is 0. The van der Waals surface area contributed by atoms with Crippen molar-refractivity contribution in [3.63, 3.8) is 0 Å². The maximum Gasteiger partial charge on any atom is 0.230 e. The van der Waals surface area contributed by atoms with Crippen molar-refractivity contribution >= 4 is 22.9 Å². The normalized spacial score (nSPS) is 10.8. The van der Waals surface area contributed by atoms with E-state index in [9.17, 15) is 4.79 Å². The molecule has 0 radical (unpaired) electrons. The number of aromatic nitrogens is 3. The molecule has 1 N–H and O–H groups in total. The molecule has 0 aliphatic heterocycles. The minimum absolute atomic E-state index is 0.0628. The summed E-state index contributed by atoms with van der Waals surface area (Å²) in [6, 6.07) is 7.99. The largest absolute Gasteiger partial charge is 0.326 e. The van der Waals surface area contributed by atoms with E-state index in [4.69, 9.17) is 0 Å². The number of benzene rings is 1. The fourth-order valence-corrected chi connectivity index (χ4v) is 3.44. The first-order valence-electron chi connectivity index (χ1n) is 7.77. The molecule has 0 saturated heterocycles. The molecule has 3 rings (SSSR count). The number of nitrogens with zero attached hydrogens (tertiary/aromatic N) is 3. The molecule has 2 heterocycles. The first-order valence-corrected chi connectivity index (χ1v) is 8.65. The molecule has 0 aliphatic carbocycles. The average Bonchev–Trinajstić information content (AvgIpc) is 3.08. The lowest BCUT2D eigenvalue weighted by atomic mass is 10.1. The highest BCUT2D eigenvalue weighted by molar-refractivity contribution is 7.12. The number of hydrogen-bond donors (Lipinski definition) is 1. The van der Waals surface area contributed by atoms with Gasteiger partial charge in [-0.05, 0) is 45.4 Å². The molecular formula is C18H20N4OS. The molecule has 6 heteroatoms. The monoisotopic (exact) mass is 340 g/mol. The maximum atomic E-state index is 12.3. The smallest absolute Gasteiger partial charge is 0.230 e. The van der Waals surface area contributed by atoms with Crippen molar-refractivity contribution in [2.75, 3.05) is 5.32 Å². The number of carbonyl (C=O) groups excluding carboxylic acids is 1. The van der Waals surface area contributed by atoms with Crippen molar-refractivity contribution in [2.24, 2.45) is 0 Å². The van der Waals surface area contributed by atoms with E-state index in [-0.39, 0.29) is 12.3 Å². The number of thiazole rings is 1. The van der Waals surface area contributed by atoms with E-state index in [0.717, 1.165) is 33.5 Å². The number of carbonyl (C=O) groups is 1. The van der Waals surface area contributed by atoms with Crippen molar-refractivity contribution in [3.05, 3.63) is 57.9 Å². The molecule has 0 unspecified atom stereocenters. The second kappa shape index (κ2) is 6.57. The van der Waals surface area contributed by atoms with Crippen LogP contribution in [0.3, 0.4) is 0 Å². The fraction of sp³-hybridized carbons (Fsp3) is 0.278. The van der Waals surface area contributed by atoms with Crippen LogP contribution in [0.2, 0.25) is 0 Å². The Kier molecular flexibility index (Phi) is 4.49. The van der Waals surface area contributed by atoms with Gasteiger partial charge in [0.25, 0.3) is 0 Å². The second-order valence-electron chi connectivity index (χ2n) is 6.00. The summed E-state index contributed by atoms with van der Waals surface area (Å²) in [4.78, 5) is 16.8. The van der Waals surface area contributed by atoms with E-state index >= 15 is 0 Å². The van der Waals surface area contributed by atoms with Crippen LogP contribution in [0.5, 0.6) is 0 Å². The molecule has 0 spiro atoms. The van der Waals surface area contributed by atoms with Crippen molar-refractivity contribution in [1.29, 1.82) is 0 Å². The van der Waals surface area contributed by atoms with Gasteiger partial charge in [0.1, 0.15) is 0 Å². The second-order valence-corrected chi connectivity index (χ2v) is 6.84. The third kappa shape index (κ3) is 3.54. The SMILES string of the molecule is Cc1ccc(NC(=O)Cc2csc(-n3nc(C)cc3C)n2)c(C)c1. The molecule has 2 aromatic heterocycles. The Bertz CT molecular complexity index is 894. The summed E-state index contributed by atoms with van der Waals surface area (Å²) >= 11 is 1.49. The van der Waals surface area contributed by atoms with Gasteiger partial charge < -0.3 is 5.32 Å². The van der Waals surface area contributed by atoms with Crippen molar-refractivity contribution < 1.29 is 4.79 Å². The van der Waals surface area contributed by atoms with Crippen LogP contribution in [0.15, 0.2) is 29.6 Å². The van der Waals surface area contributed by atoms with Crippen LogP contribution in [0.4, 0.5) is 5.69 Å². The molecule has 1 amide bonds. The summed E-state index contributed by atoms with van der Waals surface area (Å²) in [5.41, 5.74) is 5.83. The highest BCUT2D eigenvalue weighted by Crippen LogP contribution is 2.19. The van der Waals surface area contributed by atoms with Crippen LogP contribution < -0.4 is 5.32 Å². The molecule has 0 fully saturated rings. The number of amides is 1. The molecule has 0 aliphatic rings. The van der Waals surface area contributed by atoms with Gasteiger partial charge in [0.2, 0.25) is 11.0 Å². The Labute approximate surface area is 145 Å². The van der Waals surface area contributed by atoms with Crippen molar-refractivity contribution in [2.45, 2.75) is 34.1 Å². The minimum Gasteiger partial charge on any atom is -0.326 e. The minimum atomic E-state index is -0.0628. The van der Waals surface area contributed by atoms with Gasteiger partial charge in [-0.25, -0.2) is 9.67 Å². The van der Waals surface area contributed by atoms with Crippen molar-refractivity contribution in [1.82, 2.24) is 14.8 Å². The Hall–Kier alpha value is -2.47. The molecular weight excluding hydrogens is 320 g/mol. The Morgan fingerprint density at radius 2 is 2.00 bits per heavy atom. The van der Waals surface area contributed by atoms with E-state index in [1.165, 1.54) is 16.9 Å². The van der Waals surface area contributed by atoms with Gasteiger partial charge >= 0.3 is 0 Å². The summed E-state index contributed by atoms with van der Waals surface area (Å²) in [5.74, 6) is -0.0628. The molecule has 1 aromatic carbocycles. The third-order valence-electron chi connectivity index (χ3n) is 3.73. The zero-order valence-electron chi connectivity index (χ0n) is 14.3. The summed E-state index contributed by atoms with van der Waals surface area (Å²) in [6.07, 6.45) is 0.253. The van der Waals surface area contributed by atoms with Crippen LogP contribution in [0.1, 0.15) is 28.2 Å². The number of aryl methyl sites for hydroxylation is 4. The van der Waals surface area contributed by atoms with Gasteiger partial charge in [0, 0.05) is 16.8 Å². The lowest BCUT2D eigenvalue weighted by molar-refractivity contribution is -0.115. The first-order chi connectivity index (χ1) is 11.4. The van der Waals surface area contributed by atoms with E-state index in [1.54, 1.807) is 0 Å². The number of nitrogens with one attached hydrogen (secondary N) is 1. The Morgan fingerprint density at radius 1 is 1.21 bits per heavy atom. The number of anilines is 1. The van der Waals surface area contributed by atoms with Gasteiger partial charge in [-0.3, -0.25) is 4.79 Å². The van der Waals surface area contributed by atoms with E-state index < -0.39 is 0 Å². The quantitative estimate of drug-likeness (QED) is 0.787. The summed E-state index contributed by atoms with van der Waals surface area (Å²) in [5, 5.41) is 10.1.